The molecule has 5 rings (SSSR count). The Kier molecular flexibility index (Phi) is 7.22. The van der Waals surface area contributed by atoms with Crippen molar-refractivity contribution in [2.24, 2.45) is 52.3 Å². The van der Waals surface area contributed by atoms with Crippen LogP contribution in [0.15, 0.2) is 12.3 Å². The minimum atomic E-state index is -0.382. The molecule has 4 fully saturated rings. The summed E-state index contributed by atoms with van der Waals surface area (Å²) in [5, 5.41) is 22.4. The van der Waals surface area contributed by atoms with Gasteiger partial charge in [0.05, 0.1) is 18.8 Å². The molecule has 1 aromatic heterocycles. The van der Waals surface area contributed by atoms with E-state index in [1.165, 1.54) is 31.7 Å². The van der Waals surface area contributed by atoms with E-state index in [2.05, 4.69) is 32.7 Å². The number of rotatable bonds is 6. The molecule has 202 valence electrons. The lowest BCUT2D eigenvalue weighted by atomic mass is 9.41. The van der Waals surface area contributed by atoms with Gasteiger partial charge in [-0.05, 0) is 122 Å². The maximum atomic E-state index is 14.2. The van der Waals surface area contributed by atoms with Crippen LogP contribution in [0.3, 0.4) is 0 Å². The van der Waals surface area contributed by atoms with Crippen LogP contribution >= 0.6 is 0 Å². The van der Waals surface area contributed by atoms with Gasteiger partial charge in [0.2, 0.25) is 5.88 Å². The molecule has 11 atom stereocenters. The van der Waals surface area contributed by atoms with Crippen LogP contribution < -0.4 is 4.74 Å². The standard InChI is InChI=1S/C31H48FNO3/c1-6-21-25-16-20(34)9-12-31(25,5)24-10-13-30(4)22(7-8-23(30)27(24)28(21)35)19(3)11-14-36-29-26(32)15-18(2)17-33-29/h15,17,19-25,27-28,34-35H,6-14,16H2,1-5H3/t19-,20-,21-,22-,23+,24+,25+,27+,28-,30-,31-/m1/s1. The normalized spacial score (nSPS) is 44.9. The average molecular weight is 502 g/mol. The van der Waals surface area contributed by atoms with E-state index < -0.39 is 0 Å². The summed E-state index contributed by atoms with van der Waals surface area (Å²) in [5.41, 5.74) is 1.28. The molecule has 36 heavy (non-hydrogen) atoms. The molecule has 0 aromatic carbocycles. The van der Waals surface area contributed by atoms with Gasteiger partial charge in [-0.2, -0.15) is 0 Å². The zero-order valence-corrected chi connectivity index (χ0v) is 23.0. The Labute approximate surface area is 217 Å². The van der Waals surface area contributed by atoms with Gasteiger partial charge < -0.3 is 14.9 Å². The molecule has 4 aliphatic rings. The minimum absolute atomic E-state index is 0.111. The summed E-state index contributed by atoms with van der Waals surface area (Å²) < 4.78 is 19.9. The molecule has 4 saturated carbocycles. The lowest BCUT2D eigenvalue weighted by Crippen LogP contribution is -2.62. The second-order valence-electron chi connectivity index (χ2n) is 13.5. The molecule has 4 nitrogen and oxygen atoms in total. The van der Waals surface area contributed by atoms with E-state index in [0.29, 0.717) is 48.0 Å². The van der Waals surface area contributed by atoms with Gasteiger partial charge in [-0.1, -0.05) is 34.1 Å². The van der Waals surface area contributed by atoms with Crippen LogP contribution in [-0.2, 0) is 0 Å². The first kappa shape index (κ1) is 26.4. The molecular weight excluding hydrogens is 453 g/mol. The molecule has 0 saturated heterocycles. The van der Waals surface area contributed by atoms with Gasteiger partial charge in [0.1, 0.15) is 0 Å². The predicted octanol–water partition coefficient (Wildman–Crippen LogP) is 6.56. The summed E-state index contributed by atoms with van der Waals surface area (Å²) >= 11 is 0. The second kappa shape index (κ2) is 9.84. The van der Waals surface area contributed by atoms with Gasteiger partial charge in [0.25, 0.3) is 0 Å². The highest BCUT2D eigenvalue weighted by molar-refractivity contribution is 5.19. The van der Waals surface area contributed by atoms with Crippen molar-refractivity contribution in [3.05, 3.63) is 23.6 Å². The lowest BCUT2D eigenvalue weighted by molar-refractivity contribution is -0.203. The molecule has 4 aliphatic carbocycles. The zero-order chi connectivity index (χ0) is 25.8. The molecule has 0 spiro atoms. The largest absolute Gasteiger partial charge is 0.476 e. The molecule has 0 bridgehead atoms. The first-order valence-electron chi connectivity index (χ1n) is 14.7. The lowest BCUT2D eigenvalue weighted by Gasteiger charge is -2.64. The van der Waals surface area contributed by atoms with E-state index in [-0.39, 0.29) is 34.7 Å². The van der Waals surface area contributed by atoms with E-state index in [0.717, 1.165) is 37.7 Å². The molecule has 5 heteroatoms. The molecule has 0 radical (unpaired) electrons. The van der Waals surface area contributed by atoms with E-state index in [1.54, 1.807) is 6.20 Å². The molecule has 2 N–H and O–H groups in total. The van der Waals surface area contributed by atoms with Crippen molar-refractivity contribution in [3.63, 3.8) is 0 Å². The van der Waals surface area contributed by atoms with Crippen molar-refractivity contribution in [3.8, 4) is 5.88 Å². The van der Waals surface area contributed by atoms with Gasteiger partial charge in [-0.15, -0.1) is 0 Å². The smallest absolute Gasteiger partial charge is 0.250 e. The average Bonchev–Trinajstić information content (AvgIpc) is 3.19. The maximum Gasteiger partial charge on any atom is 0.250 e. The minimum Gasteiger partial charge on any atom is -0.476 e. The number of hydrogen-bond donors (Lipinski definition) is 2. The summed E-state index contributed by atoms with van der Waals surface area (Å²) in [5.74, 6) is 3.08. The number of nitrogens with zero attached hydrogens (tertiary/aromatic N) is 1. The summed E-state index contributed by atoms with van der Waals surface area (Å²) in [6.45, 7) is 11.9. The highest BCUT2D eigenvalue weighted by Gasteiger charge is 2.64. The summed E-state index contributed by atoms with van der Waals surface area (Å²) in [6, 6.07) is 1.48. The van der Waals surface area contributed by atoms with Crippen LogP contribution in [0.5, 0.6) is 5.88 Å². The van der Waals surface area contributed by atoms with Crippen LogP contribution in [0.2, 0.25) is 0 Å². The summed E-state index contributed by atoms with van der Waals surface area (Å²) in [6.07, 6.45) is 10.8. The molecule has 0 amide bonds. The van der Waals surface area contributed by atoms with Crippen LogP contribution in [0, 0.1) is 65.0 Å². The van der Waals surface area contributed by atoms with Gasteiger partial charge in [-0.25, -0.2) is 9.37 Å². The van der Waals surface area contributed by atoms with E-state index in [9.17, 15) is 14.6 Å². The molecule has 1 heterocycles. The summed E-state index contributed by atoms with van der Waals surface area (Å²) in [4.78, 5) is 4.12. The van der Waals surface area contributed by atoms with Crippen molar-refractivity contribution in [1.29, 1.82) is 0 Å². The Morgan fingerprint density at radius 1 is 1.08 bits per heavy atom. The van der Waals surface area contributed by atoms with E-state index >= 15 is 0 Å². The van der Waals surface area contributed by atoms with Gasteiger partial charge in [0, 0.05) is 6.20 Å². The number of pyridine rings is 1. The van der Waals surface area contributed by atoms with E-state index in [4.69, 9.17) is 4.74 Å². The topological polar surface area (TPSA) is 62.6 Å². The molecule has 0 aliphatic heterocycles. The third kappa shape index (κ3) is 4.21. The van der Waals surface area contributed by atoms with Crippen LogP contribution in [0.4, 0.5) is 4.39 Å². The number of halogens is 1. The Bertz CT molecular complexity index is 940. The van der Waals surface area contributed by atoms with Crippen LogP contribution in [-0.4, -0.2) is 34.0 Å². The predicted molar refractivity (Wildman–Crippen MR) is 140 cm³/mol. The number of aryl methyl sites for hydroxylation is 1. The number of hydrogen-bond acceptors (Lipinski definition) is 4. The number of aliphatic hydroxyl groups excluding tert-OH is 2. The fourth-order valence-electron chi connectivity index (χ4n) is 10.1. The van der Waals surface area contributed by atoms with Crippen molar-refractivity contribution in [1.82, 2.24) is 4.98 Å². The Balaban J connectivity index is 1.30. The van der Waals surface area contributed by atoms with Crippen LogP contribution in [0.1, 0.15) is 91.0 Å². The first-order valence-corrected chi connectivity index (χ1v) is 14.7. The number of aromatic nitrogens is 1. The van der Waals surface area contributed by atoms with Crippen molar-refractivity contribution >= 4 is 0 Å². The fraction of sp³-hybridized carbons (Fsp3) is 0.839. The number of fused-ring (bicyclic) bond motifs is 5. The van der Waals surface area contributed by atoms with Gasteiger partial charge in [0.15, 0.2) is 5.82 Å². The first-order chi connectivity index (χ1) is 17.1. The maximum absolute atomic E-state index is 14.2. The van der Waals surface area contributed by atoms with Crippen molar-refractivity contribution in [2.45, 2.75) is 105 Å². The molecule has 0 unspecified atom stereocenters. The third-order valence-electron chi connectivity index (χ3n) is 11.9. The van der Waals surface area contributed by atoms with Gasteiger partial charge >= 0.3 is 0 Å². The van der Waals surface area contributed by atoms with Crippen LogP contribution in [0.25, 0.3) is 0 Å². The van der Waals surface area contributed by atoms with Gasteiger partial charge in [-0.3, -0.25) is 0 Å². The quantitative estimate of drug-likeness (QED) is 0.463. The highest BCUT2D eigenvalue weighted by atomic mass is 19.1. The second-order valence-corrected chi connectivity index (χ2v) is 13.5. The molecular formula is C31H48FNO3. The number of aliphatic hydroxyl groups is 2. The van der Waals surface area contributed by atoms with Crippen molar-refractivity contribution in [2.75, 3.05) is 6.61 Å². The third-order valence-corrected chi connectivity index (χ3v) is 11.9. The zero-order valence-electron chi connectivity index (χ0n) is 23.0. The Hall–Kier alpha value is -1.20. The highest BCUT2D eigenvalue weighted by Crippen LogP contribution is 2.69. The Morgan fingerprint density at radius 2 is 1.81 bits per heavy atom. The monoisotopic (exact) mass is 501 g/mol. The molecule has 1 aromatic rings. The van der Waals surface area contributed by atoms with E-state index in [1.807, 2.05) is 6.92 Å². The Morgan fingerprint density at radius 3 is 2.53 bits per heavy atom. The van der Waals surface area contributed by atoms with Crippen molar-refractivity contribution < 1.29 is 19.3 Å². The fourth-order valence-corrected chi connectivity index (χ4v) is 10.1. The number of ether oxygens (including phenoxy) is 1. The SMILES string of the molecule is CC[C@H]1[C@@H](O)[C@@H]2[C@H](CC[C@]3(C)[C@@H]([C@H](C)CCOc4ncc(C)cc4F)CC[C@@H]23)[C@@]2(C)CC[C@@H](O)C[C@@H]12. The summed E-state index contributed by atoms with van der Waals surface area (Å²) in [7, 11) is 0.